The summed E-state index contributed by atoms with van der Waals surface area (Å²) in [6, 6.07) is 14.8. The number of hydrogen-bond acceptors (Lipinski definition) is 4. The fourth-order valence-corrected chi connectivity index (χ4v) is 1.99. The van der Waals surface area contributed by atoms with E-state index in [2.05, 4.69) is 4.98 Å². The smallest absolute Gasteiger partial charge is 0.512 e. The first-order chi connectivity index (χ1) is 9.24. The number of aromatic nitrogens is 2. The van der Waals surface area contributed by atoms with E-state index >= 15 is 0 Å². The molecule has 1 heterocycles. The molecular weight excluding hydrogens is 243 g/mol. The number of benzene rings is 2. The molecule has 0 aliphatic rings. The molecule has 0 saturated heterocycles. The molecule has 94 valence electrons. The Hall–Kier alpha value is -2.31. The largest absolute Gasteiger partial charge is 0.707 e. The van der Waals surface area contributed by atoms with Gasteiger partial charge in [0.25, 0.3) is 0 Å². The summed E-state index contributed by atoms with van der Waals surface area (Å²) < 4.78 is 6.75. The SMILES string of the molecule is OB(O)Oc1cccc(-n2cnc3ccccc32)c1. The molecule has 0 bridgehead atoms. The minimum Gasteiger partial charge on any atom is -0.512 e. The van der Waals surface area contributed by atoms with Crippen LogP contribution in [0.1, 0.15) is 0 Å². The van der Waals surface area contributed by atoms with Crippen molar-refractivity contribution in [2.75, 3.05) is 0 Å². The monoisotopic (exact) mass is 254 g/mol. The Bertz CT molecular complexity index is 712. The molecule has 0 amide bonds. The van der Waals surface area contributed by atoms with Crippen molar-refractivity contribution in [1.29, 1.82) is 0 Å². The van der Waals surface area contributed by atoms with Gasteiger partial charge in [0, 0.05) is 6.07 Å². The Morgan fingerprint density at radius 2 is 1.89 bits per heavy atom. The molecule has 3 rings (SSSR count). The van der Waals surface area contributed by atoms with E-state index in [1.165, 1.54) is 0 Å². The molecule has 0 saturated carbocycles. The van der Waals surface area contributed by atoms with E-state index in [0.717, 1.165) is 16.7 Å². The summed E-state index contributed by atoms with van der Waals surface area (Å²) in [5.74, 6) is 0.380. The van der Waals surface area contributed by atoms with Crippen molar-refractivity contribution < 1.29 is 14.7 Å². The van der Waals surface area contributed by atoms with Crippen molar-refractivity contribution in [3.63, 3.8) is 0 Å². The molecule has 2 aromatic carbocycles. The maximum atomic E-state index is 8.81. The molecule has 19 heavy (non-hydrogen) atoms. The lowest BCUT2D eigenvalue weighted by atomic mass is 10.2. The average Bonchev–Trinajstić information content (AvgIpc) is 2.82. The standard InChI is InChI=1S/C13H11BN2O3/c17-14(18)19-11-5-3-4-10(8-11)16-9-15-12-6-1-2-7-13(12)16/h1-9,17-18H. The van der Waals surface area contributed by atoms with Crippen molar-refractivity contribution in [2.45, 2.75) is 0 Å². The fourth-order valence-electron chi connectivity index (χ4n) is 1.99. The van der Waals surface area contributed by atoms with Gasteiger partial charge in [-0.15, -0.1) is 0 Å². The fraction of sp³-hybridized carbons (Fsp3) is 0. The summed E-state index contributed by atoms with van der Waals surface area (Å²) in [7, 11) is -1.82. The third-order valence-electron chi connectivity index (χ3n) is 2.79. The summed E-state index contributed by atoms with van der Waals surface area (Å²) in [6.45, 7) is 0. The lowest BCUT2D eigenvalue weighted by Gasteiger charge is -2.08. The summed E-state index contributed by atoms with van der Waals surface area (Å²) in [4.78, 5) is 4.31. The van der Waals surface area contributed by atoms with Crippen LogP contribution in [0.3, 0.4) is 0 Å². The van der Waals surface area contributed by atoms with E-state index in [1.807, 2.05) is 34.9 Å². The molecule has 0 fully saturated rings. The number of imidazole rings is 1. The number of fused-ring (bicyclic) bond motifs is 1. The van der Waals surface area contributed by atoms with Crippen molar-refractivity contribution in [2.24, 2.45) is 0 Å². The second kappa shape index (κ2) is 4.76. The van der Waals surface area contributed by atoms with Gasteiger partial charge in [-0.25, -0.2) is 4.98 Å². The highest BCUT2D eigenvalue weighted by atomic mass is 16.6. The molecule has 3 aromatic rings. The number of rotatable bonds is 3. The molecule has 6 heteroatoms. The van der Waals surface area contributed by atoms with Gasteiger partial charge in [-0.2, -0.15) is 0 Å². The van der Waals surface area contributed by atoms with Crippen molar-refractivity contribution >= 4 is 18.4 Å². The Kier molecular flexibility index (Phi) is 2.95. The molecule has 1 aromatic heterocycles. The molecular formula is C13H11BN2O3. The third-order valence-corrected chi connectivity index (χ3v) is 2.79. The summed E-state index contributed by atoms with van der Waals surface area (Å²) >= 11 is 0. The maximum absolute atomic E-state index is 8.81. The van der Waals surface area contributed by atoms with E-state index in [1.54, 1.807) is 24.5 Å². The Morgan fingerprint density at radius 1 is 1.05 bits per heavy atom. The normalized spacial score (nSPS) is 10.6. The van der Waals surface area contributed by atoms with Crippen LogP contribution in [0.4, 0.5) is 0 Å². The van der Waals surface area contributed by atoms with E-state index in [0.29, 0.717) is 5.75 Å². The zero-order valence-corrected chi connectivity index (χ0v) is 9.97. The van der Waals surface area contributed by atoms with Gasteiger partial charge in [0.05, 0.1) is 16.7 Å². The number of para-hydroxylation sites is 2. The van der Waals surface area contributed by atoms with Gasteiger partial charge in [-0.1, -0.05) is 18.2 Å². The van der Waals surface area contributed by atoms with Crippen LogP contribution in [0.5, 0.6) is 5.75 Å². The molecule has 0 unspecified atom stereocenters. The summed E-state index contributed by atoms with van der Waals surface area (Å²) in [6.07, 6.45) is 1.72. The first-order valence-corrected chi connectivity index (χ1v) is 5.79. The quantitative estimate of drug-likeness (QED) is 0.693. The molecule has 0 atom stereocenters. The van der Waals surface area contributed by atoms with Crippen LogP contribution in [0.25, 0.3) is 16.7 Å². The minimum absolute atomic E-state index is 0.380. The zero-order valence-electron chi connectivity index (χ0n) is 9.97. The van der Waals surface area contributed by atoms with E-state index < -0.39 is 7.32 Å². The summed E-state index contributed by atoms with van der Waals surface area (Å²) in [5.41, 5.74) is 2.71. The van der Waals surface area contributed by atoms with Gasteiger partial charge in [0.1, 0.15) is 12.1 Å². The summed E-state index contributed by atoms with van der Waals surface area (Å²) in [5, 5.41) is 17.6. The molecule has 0 aliphatic carbocycles. The van der Waals surface area contributed by atoms with Crippen molar-refractivity contribution in [3.8, 4) is 11.4 Å². The Balaban J connectivity index is 2.06. The molecule has 0 spiro atoms. The van der Waals surface area contributed by atoms with Crippen molar-refractivity contribution in [1.82, 2.24) is 9.55 Å². The second-order valence-electron chi connectivity index (χ2n) is 4.04. The second-order valence-corrected chi connectivity index (χ2v) is 4.04. The Morgan fingerprint density at radius 3 is 2.74 bits per heavy atom. The van der Waals surface area contributed by atoms with Crippen LogP contribution in [-0.4, -0.2) is 26.9 Å². The lowest BCUT2D eigenvalue weighted by Crippen LogP contribution is -2.20. The first kappa shape index (κ1) is 11.8. The maximum Gasteiger partial charge on any atom is 0.707 e. The molecule has 2 N–H and O–H groups in total. The van der Waals surface area contributed by atoms with Gasteiger partial charge in [-0.3, -0.25) is 4.57 Å². The topological polar surface area (TPSA) is 67.5 Å². The van der Waals surface area contributed by atoms with Gasteiger partial charge in [-0.05, 0) is 24.3 Å². The van der Waals surface area contributed by atoms with Gasteiger partial charge in [0.15, 0.2) is 0 Å². The van der Waals surface area contributed by atoms with Gasteiger partial charge >= 0.3 is 7.32 Å². The average molecular weight is 254 g/mol. The highest BCUT2D eigenvalue weighted by Gasteiger charge is 2.12. The number of hydrogen-bond donors (Lipinski definition) is 2. The van der Waals surface area contributed by atoms with Crippen LogP contribution in [0, 0.1) is 0 Å². The highest BCUT2D eigenvalue weighted by molar-refractivity contribution is 6.33. The predicted molar refractivity (Wildman–Crippen MR) is 71.9 cm³/mol. The Labute approximate surface area is 109 Å². The lowest BCUT2D eigenvalue weighted by molar-refractivity contribution is 0.288. The van der Waals surface area contributed by atoms with Crippen LogP contribution < -0.4 is 4.65 Å². The van der Waals surface area contributed by atoms with Crippen molar-refractivity contribution in [3.05, 3.63) is 54.9 Å². The minimum atomic E-state index is -1.82. The van der Waals surface area contributed by atoms with Crippen LogP contribution in [0.15, 0.2) is 54.9 Å². The van der Waals surface area contributed by atoms with E-state index in [-0.39, 0.29) is 0 Å². The molecule has 5 nitrogen and oxygen atoms in total. The van der Waals surface area contributed by atoms with Crippen LogP contribution in [0.2, 0.25) is 0 Å². The van der Waals surface area contributed by atoms with E-state index in [4.69, 9.17) is 14.7 Å². The van der Waals surface area contributed by atoms with Gasteiger partial charge in [0.2, 0.25) is 0 Å². The van der Waals surface area contributed by atoms with E-state index in [9.17, 15) is 0 Å². The van der Waals surface area contributed by atoms with Gasteiger partial charge < -0.3 is 14.7 Å². The molecule has 0 aliphatic heterocycles. The third kappa shape index (κ3) is 2.31. The first-order valence-electron chi connectivity index (χ1n) is 5.79. The zero-order chi connectivity index (χ0) is 13.2. The molecule has 0 radical (unpaired) electrons. The van der Waals surface area contributed by atoms with Crippen LogP contribution in [-0.2, 0) is 0 Å². The number of nitrogens with zero attached hydrogens (tertiary/aromatic N) is 2. The van der Waals surface area contributed by atoms with Crippen LogP contribution >= 0.6 is 0 Å². The predicted octanol–water partition coefficient (Wildman–Crippen LogP) is 1.37. The highest BCUT2D eigenvalue weighted by Crippen LogP contribution is 2.21.